The molecule has 2 saturated heterocycles. The predicted octanol–water partition coefficient (Wildman–Crippen LogP) is 0.318. The number of nitrogens with one attached hydrogen (secondary N) is 1. The maximum atomic E-state index is 11.6. The molecular formula is C10H17NO3. The molecule has 14 heavy (non-hydrogen) atoms. The average Bonchev–Trinajstić information content (AvgIpc) is 2.72. The minimum Gasteiger partial charge on any atom is -0.461 e. The number of carbonyl (C=O) groups is 1. The molecule has 0 aromatic heterocycles. The zero-order chi connectivity index (χ0) is 9.80. The van der Waals surface area contributed by atoms with Crippen LogP contribution >= 0.6 is 0 Å². The van der Waals surface area contributed by atoms with Gasteiger partial charge < -0.3 is 14.8 Å². The van der Waals surface area contributed by atoms with Gasteiger partial charge in [-0.05, 0) is 25.8 Å². The highest BCUT2D eigenvalue weighted by Gasteiger charge is 2.26. The average molecular weight is 199 g/mol. The topological polar surface area (TPSA) is 47.6 Å². The number of hydrogen-bond acceptors (Lipinski definition) is 4. The van der Waals surface area contributed by atoms with Gasteiger partial charge in [0.25, 0.3) is 0 Å². The highest BCUT2D eigenvalue weighted by atomic mass is 16.5. The Morgan fingerprint density at radius 1 is 1.29 bits per heavy atom. The first kappa shape index (κ1) is 9.93. The van der Waals surface area contributed by atoms with Crippen molar-refractivity contribution in [1.29, 1.82) is 0 Å². The third kappa shape index (κ3) is 2.45. The molecule has 1 N–H and O–H groups in total. The van der Waals surface area contributed by atoms with Crippen molar-refractivity contribution in [3.05, 3.63) is 0 Å². The maximum Gasteiger partial charge on any atom is 0.309 e. The number of carbonyl (C=O) groups excluding carboxylic acids is 1. The van der Waals surface area contributed by atoms with Crippen molar-refractivity contribution >= 4 is 5.97 Å². The Morgan fingerprint density at radius 2 is 2.07 bits per heavy atom. The fourth-order valence-electron chi connectivity index (χ4n) is 1.92. The lowest BCUT2D eigenvalue weighted by Gasteiger charge is -2.22. The zero-order valence-electron chi connectivity index (χ0n) is 8.33. The maximum absolute atomic E-state index is 11.6. The number of ether oxygens (including phenoxy) is 2. The number of rotatable bonds is 2. The van der Waals surface area contributed by atoms with Gasteiger partial charge in [-0.25, -0.2) is 0 Å². The van der Waals surface area contributed by atoms with E-state index in [0.717, 1.165) is 32.4 Å². The molecule has 0 saturated carbocycles. The van der Waals surface area contributed by atoms with Crippen molar-refractivity contribution < 1.29 is 14.3 Å². The minimum atomic E-state index is -0.0259. The molecule has 2 fully saturated rings. The Balaban J connectivity index is 1.75. The van der Waals surface area contributed by atoms with E-state index in [1.54, 1.807) is 0 Å². The fourth-order valence-corrected chi connectivity index (χ4v) is 1.92. The molecule has 2 aliphatic heterocycles. The molecule has 0 aliphatic carbocycles. The summed E-state index contributed by atoms with van der Waals surface area (Å²) in [5.41, 5.74) is 0. The first-order chi connectivity index (χ1) is 6.86. The molecule has 1 atom stereocenters. The van der Waals surface area contributed by atoms with Gasteiger partial charge in [-0.2, -0.15) is 0 Å². The van der Waals surface area contributed by atoms with Gasteiger partial charge in [-0.3, -0.25) is 4.79 Å². The van der Waals surface area contributed by atoms with Gasteiger partial charge in [-0.1, -0.05) is 0 Å². The van der Waals surface area contributed by atoms with Crippen molar-refractivity contribution in [2.45, 2.75) is 25.4 Å². The largest absolute Gasteiger partial charge is 0.461 e. The third-order valence-electron chi connectivity index (χ3n) is 2.85. The van der Waals surface area contributed by atoms with Crippen molar-refractivity contribution in [3.8, 4) is 0 Å². The first-order valence-corrected chi connectivity index (χ1v) is 5.35. The SMILES string of the molecule is O=C(O[C@H]1CCNC1)C1CCOCC1. The smallest absolute Gasteiger partial charge is 0.309 e. The molecule has 0 spiro atoms. The second kappa shape index (κ2) is 4.75. The summed E-state index contributed by atoms with van der Waals surface area (Å²) in [5, 5.41) is 3.18. The van der Waals surface area contributed by atoms with E-state index in [-0.39, 0.29) is 18.0 Å². The third-order valence-corrected chi connectivity index (χ3v) is 2.85. The van der Waals surface area contributed by atoms with Gasteiger partial charge in [0.1, 0.15) is 6.10 Å². The Kier molecular flexibility index (Phi) is 3.37. The molecule has 4 heteroatoms. The summed E-state index contributed by atoms with van der Waals surface area (Å²) in [6.45, 7) is 3.17. The molecule has 0 radical (unpaired) electrons. The minimum absolute atomic E-state index is 0.0259. The molecule has 80 valence electrons. The van der Waals surface area contributed by atoms with E-state index < -0.39 is 0 Å². The van der Waals surface area contributed by atoms with E-state index >= 15 is 0 Å². The van der Waals surface area contributed by atoms with E-state index in [4.69, 9.17) is 9.47 Å². The standard InChI is InChI=1S/C10H17NO3/c12-10(8-2-5-13-6-3-8)14-9-1-4-11-7-9/h8-9,11H,1-7H2/t9-/m0/s1. The van der Waals surface area contributed by atoms with E-state index in [0.29, 0.717) is 13.2 Å². The van der Waals surface area contributed by atoms with Crippen molar-refractivity contribution in [1.82, 2.24) is 5.32 Å². The van der Waals surface area contributed by atoms with Crippen LogP contribution in [-0.2, 0) is 14.3 Å². The van der Waals surface area contributed by atoms with Crippen LogP contribution in [0.15, 0.2) is 0 Å². The van der Waals surface area contributed by atoms with Crippen LogP contribution < -0.4 is 5.32 Å². The monoisotopic (exact) mass is 199 g/mol. The van der Waals surface area contributed by atoms with Gasteiger partial charge in [0, 0.05) is 19.8 Å². The van der Waals surface area contributed by atoms with E-state index in [9.17, 15) is 4.79 Å². The van der Waals surface area contributed by atoms with Crippen LogP contribution in [-0.4, -0.2) is 38.4 Å². The highest BCUT2D eigenvalue weighted by molar-refractivity contribution is 5.72. The fraction of sp³-hybridized carbons (Fsp3) is 0.900. The second-order valence-electron chi connectivity index (χ2n) is 3.94. The summed E-state index contributed by atoms with van der Waals surface area (Å²) in [5.74, 6) is 0.0475. The molecular weight excluding hydrogens is 182 g/mol. The Hall–Kier alpha value is -0.610. The Labute approximate surface area is 84.0 Å². The molecule has 0 bridgehead atoms. The quantitative estimate of drug-likeness (QED) is 0.651. The summed E-state index contributed by atoms with van der Waals surface area (Å²) in [6.07, 6.45) is 2.69. The van der Waals surface area contributed by atoms with E-state index in [1.165, 1.54) is 0 Å². The van der Waals surface area contributed by atoms with Crippen molar-refractivity contribution in [2.75, 3.05) is 26.3 Å². The van der Waals surface area contributed by atoms with Crippen molar-refractivity contribution in [3.63, 3.8) is 0 Å². The van der Waals surface area contributed by atoms with Crippen LogP contribution in [0.25, 0.3) is 0 Å². The summed E-state index contributed by atoms with van der Waals surface area (Å²) in [4.78, 5) is 11.6. The molecule has 0 aromatic rings. The summed E-state index contributed by atoms with van der Waals surface area (Å²) >= 11 is 0. The number of esters is 1. The van der Waals surface area contributed by atoms with Crippen LogP contribution in [0.3, 0.4) is 0 Å². The van der Waals surface area contributed by atoms with E-state index in [2.05, 4.69) is 5.32 Å². The normalized spacial score (nSPS) is 29.0. The second-order valence-corrected chi connectivity index (χ2v) is 3.94. The molecule has 2 heterocycles. The van der Waals surface area contributed by atoms with Gasteiger partial charge in [0.05, 0.1) is 5.92 Å². The molecule has 0 aromatic carbocycles. The zero-order valence-corrected chi connectivity index (χ0v) is 8.33. The Bertz CT molecular complexity index is 196. The van der Waals surface area contributed by atoms with Gasteiger partial charge in [0.15, 0.2) is 0 Å². The summed E-state index contributed by atoms with van der Waals surface area (Å²) < 4.78 is 10.6. The lowest BCUT2D eigenvalue weighted by atomic mass is 10.0. The van der Waals surface area contributed by atoms with E-state index in [1.807, 2.05) is 0 Å². The molecule has 2 rings (SSSR count). The summed E-state index contributed by atoms with van der Waals surface area (Å²) in [6, 6.07) is 0. The van der Waals surface area contributed by atoms with Crippen LogP contribution in [0.1, 0.15) is 19.3 Å². The molecule has 0 amide bonds. The van der Waals surface area contributed by atoms with Gasteiger partial charge in [0.2, 0.25) is 0 Å². The first-order valence-electron chi connectivity index (χ1n) is 5.35. The van der Waals surface area contributed by atoms with Crippen LogP contribution in [0, 0.1) is 5.92 Å². The van der Waals surface area contributed by atoms with Crippen LogP contribution in [0.4, 0.5) is 0 Å². The summed E-state index contributed by atoms with van der Waals surface area (Å²) in [7, 11) is 0. The van der Waals surface area contributed by atoms with Gasteiger partial charge >= 0.3 is 5.97 Å². The molecule has 0 unspecified atom stereocenters. The van der Waals surface area contributed by atoms with Gasteiger partial charge in [-0.15, -0.1) is 0 Å². The highest BCUT2D eigenvalue weighted by Crippen LogP contribution is 2.18. The number of hydrogen-bond donors (Lipinski definition) is 1. The van der Waals surface area contributed by atoms with Crippen molar-refractivity contribution in [2.24, 2.45) is 5.92 Å². The Morgan fingerprint density at radius 3 is 2.71 bits per heavy atom. The molecule has 2 aliphatic rings. The molecule has 4 nitrogen and oxygen atoms in total. The lowest BCUT2D eigenvalue weighted by Crippen LogP contribution is -2.29. The van der Waals surface area contributed by atoms with Crippen LogP contribution in [0.2, 0.25) is 0 Å². The predicted molar refractivity (Wildman–Crippen MR) is 50.9 cm³/mol. The lowest BCUT2D eigenvalue weighted by molar-refractivity contribution is -0.156. The van der Waals surface area contributed by atoms with Crippen LogP contribution in [0.5, 0.6) is 0 Å².